The summed E-state index contributed by atoms with van der Waals surface area (Å²) in [5, 5.41) is 21.3. The minimum absolute atomic E-state index is 0.120. The summed E-state index contributed by atoms with van der Waals surface area (Å²) in [5.41, 5.74) is -0.811. The third-order valence-corrected chi connectivity index (χ3v) is 5.98. The smallest absolute Gasteiger partial charge is 0.305 e. The third-order valence-electron chi connectivity index (χ3n) is 5.98. The van der Waals surface area contributed by atoms with Gasteiger partial charge in [-0.25, -0.2) is 0 Å². The quantitative estimate of drug-likeness (QED) is 0.252. The predicted octanol–water partition coefficient (Wildman–Crippen LogP) is 4.42. The SMILES string of the molecule is CCCCCC(C)(O)/C=C/[C@H]1[C@H](COC)C[C@H](O)[C@@H]1C/C=C\CCCC(=O)OC. The largest absolute Gasteiger partial charge is 0.469 e. The maximum atomic E-state index is 11.2. The molecule has 0 amide bonds. The second kappa shape index (κ2) is 13.9. The predicted molar refractivity (Wildman–Crippen MR) is 116 cm³/mol. The molecule has 1 rings (SSSR count). The number of rotatable bonds is 14. The molecule has 1 saturated carbocycles. The molecule has 5 nitrogen and oxygen atoms in total. The average molecular weight is 411 g/mol. The van der Waals surface area contributed by atoms with Crippen molar-refractivity contribution in [3.63, 3.8) is 0 Å². The van der Waals surface area contributed by atoms with Crippen LogP contribution in [0.2, 0.25) is 0 Å². The van der Waals surface area contributed by atoms with Crippen LogP contribution < -0.4 is 0 Å². The molecular formula is C24H42O5. The number of carbonyl (C=O) groups excluding carboxylic acids is 1. The number of methoxy groups -OCH3 is 2. The van der Waals surface area contributed by atoms with E-state index in [1.165, 1.54) is 7.11 Å². The van der Waals surface area contributed by atoms with Gasteiger partial charge in [-0.2, -0.15) is 0 Å². The lowest BCUT2D eigenvalue weighted by molar-refractivity contribution is -0.140. The van der Waals surface area contributed by atoms with Gasteiger partial charge < -0.3 is 19.7 Å². The van der Waals surface area contributed by atoms with Gasteiger partial charge in [-0.05, 0) is 56.8 Å². The summed E-state index contributed by atoms with van der Waals surface area (Å²) in [4.78, 5) is 11.2. The van der Waals surface area contributed by atoms with Crippen LogP contribution in [0, 0.1) is 17.8 Å². The van der Waals surface area contributed by atoms with Gasteiger partial charge in [0, 0.05) is 20.1 Å². The standard InChI is InChI=1S/C24H42O5/c1-5-6-11-15-24(2,27)16-14-20-19(18-28-3)17-22(25)21(20)12-9-7-8-10-13-23(26)29-4/h7,9,14,16,19-22,25,27H,5-6,8,10-13,15,17-18H2,1-4H3/b9-7-,16-14+/t19-,20-,21+,22-,24?/m0/s1. The zero-order valence-corrected chi connectivity index (χ0v) is 18.8. The van der Waals surface area contributed by atoms with E-state index in [-0.39, 0.29) is 29.8 Å². The van der Waals surface area contributed by atoms with Crippen LogP contribution in [-0.4, -0.2) is 48.7 Å². The number of ether oxygens (including phenoxy) is 2. The Morgan fingerprint density at radius 1 is 1.21 bits per heavy atom. The second-order valence-electron chi connectivity index (χ2n) is 8.61. The summed E-state index contributed by atoms with van der Waals surface area (Å²) < 4.78 is 10.0. The van der Waals surface area contributed by atoms with Gasteiger partial charge in [0.1, 0.15) is 0 Å². The zero-order chi connectivity index (χ0) is 21.7. The van der Waals surface area contributed by atoms with Crippen LogP contribution in [0.15, 0.2) is 24.3 Å². The normalized spacial score (nSPS) is 27.0. The van der Waals surface area contributed by atoms with E-state index in [1.54, 1.807) is 7.11 Å². The average Bonchev–Trinajstić information content (AvgIpc) is 2.97. The Morgan fingerprint density at radius 3 is 2.62 bits per heavy atom. The van der Waals surface area contributed by atoms with E-state index in [9.17, 15) is 15.0 Å². The van der Waals surface area contributed by atoms with E-state index in [4.69, 9.17) is 4.74 Å². The van der Waals surface area contributed by atoms with Crippen molar-refractivity contribution >= 4 is 5.97 Å². The fourth-order valence-corrected chi connectivity index (χ4v) is 4.23. The number of carbonyl (C=O) groups is 1. The number of allylic oxidation sites excluding steroid dienone is 3. The second-order valence-corrected chi connectivity index (χ2v) is 8.61. The highest BCUT2D eigenvalue weighted by molar-refractivity contribution is 5.69. The minimum atomic E-state index is -0.811. The number of hydrogen-bond acceptors (Lipinski definition) is 5. The van der Waals surface area contributed by atoms with Crippen LogP contribution in [0.3, 0.4) is 0 Å². The molecule has 0 bridgehead atoms. The maximum Gasteiger partial charge on any atom is 0.305 e. The summed E-state index contributed by atoms with van der Waals surface area (Å²) in [6, 6.07) is 0. The van der Waals surface area contributed by atoms with E-state index < -0.39 is 5.60 Å². The first-order chi connectivity index (χ1) is 13.8. The summed E-state index contributed by atoms with van der Waals surface area (Å²) in [7, 11) is 3.10. The number of esters is 1. The summed E-state index contributed by atoms with van der Waals surface area (Å²) in [6.07, 6.45) is 15.4. The van der Waals surface area contributed by atoms with Gasteiger partial charge in [0.15, 0.2) is 0 Å². The molecule has 0 aromatic heterocycles. The van der Waals surface area contributed by atoms with Gasteiger partial charge in [-0.15, -0.1) is 0 Å². The molecule has 168 valence electrons. The van der Waals surface area contributed by atoms with E-state index >= 15 is 0 Å². The van der Waals surface area contributed by atoms with E-state index in [0.29, 0.717) is 13.0 Å². The van der Waals surface area contributed by atoms with Crippen molar-refractivity contribution in [3.8, 4) is 0 Å². The molecule has 1 unspecified atom stereocenters. The molecule has 0 heterocycles. The topological polar surface area (TPSA) is 76.0 Å². The van der Waals surface area contributed by atoms with Gasteiger partial charge in [0.05, 0.1) is 18.8 Å². The van der Waals surface area contributed by atoms with Gasteiger partial charge in [0.2, 0.25) is 0 Å². The lowest BCUT2D eigenvalue weighted by atomic mass is 9.85. The van der Waals surface area contributed by atoms with Gasteiger partial charge in [0.25, 0.3) is 0 Å². The van der Waals surface area contributed by atoms with Crippen LogP contribution in [0.1, 0.15) is 71.6 Å². The minimum Gasteiger partial charge on any atom is -0.469 e. The Labute approximate surface area is 177 Å². The first kappa shape index (κ1) is 25.9. The Hall–Kier alpha value is -1.17. The number of hydrogen-bond donors (Lipinski definition) is 2. The van der Waals surface area contributed by atoms with Gasteiger partial charge >= 0.3 is 5.97 Å². The maximum absolute atomic E-state index is 11.2. The molecule has 0 radical (unpaired) electrons. The lowest BCUT2D eigenvalue weighted by Gasteiger charge is -2.24. The summed E-state index contributed by atoms with van der Waals surface area (Å²) >= 11 is 0. The van der Waals surface area contributed by atoms with Crippen molar-refractivity contribution in [2.24, 2.45) is 17.8 Å². The van der Waals surface area contributed by atoms with Crippen molar-refractivity contribution in [1.29, 1.82) is 0 Å². The highest BCUT2D eigenvalue weighted by Gasteiger charge is 2.40. The number of aliphatic hydroxyl groups is 2. The van der Waals surface area contributed by atoms with E-state index in [0.717, 1.165) is 51.4 Å². The molecule has 1 fully saturated rings. The Balaban J connectivity index is 2.67. The molecule has 0 saturated heterocycles. The molecule has 1 aliphatic carbocycles. The van der Waals surface area contributed by atoms with Crippen molar-refractivity contribution in [2.75, 3.05) is 20.8 Å². The summed E-state index contributed by atoms with van der Waals surface area (Å²) in [6.45, 7) is 4.64. The third kappa shape index (κ3) is 9.92. The molecule has 5 atom stereocenters. The van der Waals surface area contributed by atoms with Crippen molar-refractivity contribution in [1.82, 2.24) is 0 Å². The monoisotopic (exact) mass is 410 g/mol. The van der Waals surface area contributed by atoms with Crippen LogP contribution in [0.5, 0.6) is 0 Å². The Morgan fingerprint density at radius 2 is 1.97 bits per heavy atom. The van der Waals surface area contributed by atoms with Crippen molar-refractivity contribution in [3.05, 3.63) is 24.3 Å². The van der Waals surface area contributed by atoms with E-state index in [1.807, 2.05) is 13.0 Å². The van der Waals surface area contributed by atoms with E-state index in [2.05, 4.69) is 29.9 Å². The Kier molecular flexibility index (Phi) is 12.4. The number of unbranched alkanes of at least 4 members (excludes halogenated alkanes) is 3. The van der Waals surface area contributed by atoms with Gasteiger partial charge in [-0.1, -0.05) is 50.5 Å². The number of aliphatic hydroxyl groups excluding tert-OH is 1. The molecule has 5 heteroatoms. The molecule has 29 heavy (non-hydrogen) atoms. The Bertz CT molecular complexity index is 511. The highest BCUT2D eigenvalue weighted by Crippen LogP contribution is 2.41. The van der Waals surface area contributed by atoms with Crippen LogP contribution in [-0.2, 0) is 14.3 Å². The lowest BCUT2D eigenvalue weighted by Crippen LogP contribution is -2.24. The van der Waals surface area contributed by atoms with Crippen molar-refractivity contribution in [2.45, 2.75) is 83.3 Å². The van der Waals surface area contributed by atoms with Gasteiger partial charge in [-0.3, -0.25) is 4.79 Å². The zero-order valence-electron chi connectivity index (χ0n) is 18.8. The fourth-order valence-electron chi connectivity index (χ4n) is 4.23. The molecule has 0 aromatic carbocycles. The van der Waals surface area contributed by atoms with Crippen LogP contribution >= 0.6 is 0 Å². The molecule has 2 N–H and O–H groups in total. The molecular weight excluding hydrogens is 368 g/mol. The fraction of sp³-hybridized carbons (Fsp3) is 0.792. The highest BCUT2D eigenvalue weighted by atomic mass is 16.5. The molecule has 1 aliphatic rings. The molecule has 0 spiro atoms. The first-order valence-electron chi connectivity index (χ1n) is 11.1. The molecule has 0 aliphatic heterocycles. The first-order valence-corrected chi connectivity index (χ1v) is 11.1. The van der Waals surface area contributed by atoms with Crippen LogP contribution in [0.25, 0.3) is 0 Å². The van der Waals surface area contributed by atoms with Crippen molar-refractivity contribution < 1.29 is 24.5 Å². The summed E-state index contributed by atoms with van der Waals surface area (Å²) in [5.74, 6) is 0.385. The molecule has 0 aromatic rings. The van der Waals surface area contributed by atoms with Crippen LogP contribution in [0.4, 0.5) is 0 Å².